The highest BCUT2D eigenvalue weighted by Gasteiger charge is 2.23. The summed E-state index contributed by atoms with van der Waals surface area (Å²) in [5.41, 5.74) is 0. The van der Waals surface area contributed by atoms with Crippen molar-refractivity contribution in [3.63, 3.8) is 0 Å². The highest BCUT2D eigenvalue weighted by atomic mass is 15.3. The van der Waals surface area contributed by atoms with Gasteiger partial charge < -0.3 is 4.48 Å². The Morgan fingerprint density at radius 1 is 1.18 bits per heavy atom. The SMILES string of the molecule is CCC[N+](C)(CC)C(C)CC. The van der Waals surface area contributed by atoms with E-state index in [2.05, 4.69) is 34.7 Å². The average molecular weight is 158 g/mol. The van der Waals surface area contributed by atoms with Crippen molar-refractivity contribution in [1.82, 2.24) is 0 Å². The van der Waals surface area contributed by atoms with Gasteiger partial charge in [0.15, 0.2) is 0 Å². The lowest BCUT2D eigenvalue weighted by Crippen LogP contribution is -2.50. The van der Waals surface area contributed by atoms with Crippen LogP contribution in [0.3, 0.4) is 0 Å². The van der Waals surface area contributed by atoms with Gasteiger partial charge in [-0.05, 0) is 26.7 Å². The van der Waals surface area contributed by atoms with E-state index in [0.29, 0.717) is 0 Å². The molecule has 0 aromatic heterocycles. The first-order chi connectivity index (χ1) is 5.10. The van der Waals surface area contributed by atoms with Crippen molar-refractivity contribution in [3.05, 3.63) is 0 Å². The van der Waals surface area contributed by atoms with E-state index in [0.717, 1.165) is 6.04 Å². The first kappa shape index (κ1) is 11.0. The standard InChI is InChI=1S/C10H24N/c1-6-9-11(5,8-3)10(4)7-2/h10H,6-9H2,1-5H3/q+1. The zero-order chi connectivity index (χ0) is 8.91. The molecule has 0 saturated carbocycles. The molecule has 1 nitrogen and oxygen atoms in total. The van der Waals surface area contributed by atoms with E-state index in [1.807, 2.05) is 0 Å². The second kappa shape index (κ2) is 4.76. The third kappa shape index (κ3) is 2.82. The fraction of sp³-hybridized carbons (Fsp3) is 1.00. The van der Waals surface area contributed by atoms with Gasteiger partial charge in [-0.2, -0.15) is 0 Å². The lowest BCUT2D eigenvalue weighted by Gasteiger charge is -2.38. The summed E-state index contributed by atoms with van der Waals surface area (Å²) in [5, 5.41) is 0. The first-order valence-electron chi connectivity index (χ1n) is 4.94. The Bertz CT molecular complexity index is 101. The van der Waals surface area contributed by atoms with Crippen molar-refractivity contribution in [3.8, 4) is 0 Å². The molecule has 0 spiro atoms. The number of quaternary nitrogens is 1. The van der Waals surface area contributed by atoms with Crippen LogP contribution in [0.25, 0.3) is 0 Å². The van der Waals surface area contributed by atoms with E-state index in [1.54, 1.807) is 0 Å². The predicted molar refractivity (Wildman–Crippen MR) is 51.6 cm³/mol. The summed E-state index contributed by atoms with van der Waals surface area (Å²) in [5.74, 6) is 0. The maximum atomic E-state index is 2.37. The molecule has 1 heteroatoms. The van der Waals surface area contributed by atoms with Crippen molar-refractivity contribution < 1.29 is 4.48 Å². The van der Waals surface area contributed by atoms with Crippen LogP contribution in [-0.4, -0.2) is 30.7 Å². The molecule has 2 atom stereocenters. The summed E-state index contributed by atoms with van der Waals surface area (Å²) in [6, 6.07) is 0.819. The minimum absolute atomic E-state index is 0.819. The molecule has 0 amide bonds. The fourth-order valence-corrected chi connectivity index (χ4v) is 1.64. The molecule has 0 fully saturated rings. The smallest absolute Gasteiger partial charge is 0.0856 e. The topological polar surface area (TPSA) is 0 Å². The van der Waals surface area contributed by atoms with Gasteiger partial charge in [0.2, 0.25) is 0 Å². The lowest BCUT2D eigenvalue weighted by atomic mass is 10.1. The molecule has 0 bridgehead atoms. The number of rotatable bonds is 5. The van der Waals surface area contributed by atoms with E-state index in [1.165, 1.54) is 30.4 Å². The number of nitrogens with zero attached hydrogens (tertiary/aromatic N) is 1. The summed E-state index contributed by atoms with van der Waals surface area (Å²) in [6.07, 6.45) is 2.60. The molecule has 0 aliphatic rings. The fourth-order valence-electron chi connectivity index (χ4n) is 1.64. The van der Waals surface area contributed by atoms with E-state index < -0.39 is 0 Å². The molecule has 0 saturated heterocycles. The normalized spacial score (nSPS) is 19.4. The van der Waals surface area contributed by atoms with Crippen molar-refractivity contribution in [2.24, 2.45) is 0 Å². The van der Waals surface area contributed by atoms with Gasteiger partial charge >= 0.3 is 0 Å². The Kier molecular flexibility index (Phi) is 4.74. The van der Waals surface area contributed by atoms with E-state index in [-0.39, 0.29) is 0 Å². The van der Waals surface area contributed by atoms with Crippen molar-refractivity contribution in [1.29, 1.82) is 0 Å². The maximum absolute atomic E-state index is 2.37. The molecule has 0 rings (SSSR count). The van der Waals surface area contributed by atoms with Crippen molar-refractivity contribution in [2.45, 2.75) is 46.6 Å². The molecule has 0 aliphatic heterocycles. The monoisotopic (exact) mass is 158 g/mol. The number of hydrogen-bond donors (Lipinski definition) is 0. The Labute approximate surface area is 72.0 Å². The molecule has 11 heavy (non-hydrogen) atoms. The van der Waals surface area contributed by atoms with Gasteiger partial charge in [0.1, 0.15) is 0 Å². The lowest BCUT2D eigenvalue weighted by molar-refractivity contribution is -0.930. The minimum atomic E-state index is 0.819. The molecular formula is C10H24N+. The first-order valence-corrected chi connectivity index (χ1v) is 4.94. The van der Waals surface area contributed by atoms with Crippen LogP contribution >= 0.6 is 0 Å². The van der Waals surface area contributed by atoms with Crippen LogP contribution in [0.1, 0.15) is 40.5 Å². The van der Waals surface area contributed by atoms with Crippen LogP contribution in [0.5, 0.6) is 0 Å². The molecule has 0 N–H and O–H groups in total. The van der Waals surface area contributed by atoms with Gasteiger partial charge in [-0.25, -0.2) is 0 Å². The van der Waals surface area contributed by atoms with Gasteiger partial charge in [-0.1, -0.05) is 13.8 Å². The van der Waals surface area contributed by atoms with Gasteiger partial charge in [-0.3, -0.25) is 0 Å². The molecule has 2 unspecified atom stereocenters. The molecule has 0 radical (unpaired) electrons. The maximum Gasteiger partial charge on any atom is 0.0856 e. The Morgan fingerprint density at radius 3 is 2.00 bits per heavy atom. The Hall–Kier alpha value is -0.0400. The summed E-state index contributed by atoms with van der Waals surface area (Å²) >= 11 is 0. The van der Waals surface area contributed by atoms with Crippen LogP contribution < -0.4 is 0 Å². The predicted octanol–water partition coefficient (Wildman–Crippen LogP) is 2.66. The van der Waals surface area contributed by atoms with E-state index in [9.17, 15) is 0 Å². The Morgan fingerprint density at radius 2 is 1.73 bits per heavy atom. The van der Waals surface area contributed by atoms with Crippen molar-refractivity contribution >= 4 is 0 Å². The van der Waals surface area contributed by atoms with Crippen molar-refractivity contribution in [2.75, 3.05) is 20.1 Å². The summed E-state index contributed by atoms with van der Waals surface area (Å²) in [7, 11) is 2.37. The molecular weight excluding hydrogens is 134 g/mol. The summed E-state index contributed by atoms with van der Waals surface area (Å²) in [6.45, 7) is 11.8. The van der Waals surface area contributed by atoms with Crippen LogP contribution in [0.15, 0.2) is 0 Å². The zero-order valence-corrected chi connectivity index (χ0v) is 8.85. The average Bonchev–Trinajstić information content (AvgIpc) is 2.03. The molecule has 0 aromatic rings. The van der Waals surface area contributed by atoms with E-state index in [4.69, 9.17) is 0 Å². The van der Waals surface area contributed by atoms with Crippen LogP contribution in [0.4, 0.5) is 0 Å². The molecule has 0 aliphatic carbocycles. The highest BCUT2D eigenvalue weighted by Crippen LogP contribution is 2.13. The summed E-state index contributed by atoms with van der Waals surface area (Å²) < 4.78 is 1.24. The van der Waals surface area contributed by atoms with Gasteiger partial charge in [-0.15, -0.1) is 0 Å². The van der Waals surface area contributed by atoms with Gasteiger partial charge in [0, 0.05) is 0 Å². The van der Waals surface area contributed by atoms with Crippen LogP contribution in [0.2, 0.25) is 0 Å². The van der Waals surface area contributed by atoms with Gasteiger partial charge in [0.05, 0.1) is 26.2 Å². The molecule has 0 aromatic carbocycles. The second-order valence-electron chi connectivity index (χ2n) is 3.78. The van der Waals surface area contributed by atoms with Crippen LogP contribution in [0, 0.1) is 0 Å². The zero-order valence-electron chi connectivity index (χ0n) is 8.85. The summed E-state index contributed by atoms with van der Waals surface area (Å²) in [4.78, 5) is 0. The van der Waals surface area contributed by atoms with Crippen LogP contribution in [-0.2, 0) is 0 Å². The number of hydrogen-bond acceptors (Lipinski definition) is 0. The second-order valence-corrected chi connectivity index (χ2v) is 3.78. The third-order valence-corrected chi connectivity index (χ3v) is 3.11. The molecule has 0 heterocycles. The van der Waals surface area contributed by atoms with Gasteiger partial charge in [0.25, 0.3) is 0 Å². The van der Waals surface area contributed by atoms with E-state index >= 15 is 0 Å². The highest BCUT2D eigenvalue weighted by molar-refractivity contribution is 4.48. The Balaban J connectivity index is 4.07. The third-order valence-electron chi connectivity index (χ3n) is 3.11. The largest absolute Gasteiger partial charge is 0.324 e. The minimum Gasteiger partial charge on any atom is -0.324 e. The molecule has 68 valence electrons. The quantitative estimate of drug-likeness (QED) is 0.540.